The van der Waals surface area contributed by atoms with Gasteiger partial charge >= 0.3 is 0 Å². The number of hydrogen-bond donors (Lipinski definition) is 2. The monoisotopic (exact) mass is 345 g/mol. The molecule has 0 radical (unpaired) electrons. The van der Waals surface area contributed by atoms with Crippen molar-refractivity contribution in [1.82, 2.24) is 9.38 Å². The summed E-state index contributed by atoms with van der Waals surface area (Å²) in [6.07, 6.45) is 1.96. The zero-order valence-electron chi connectivity index (χ0n) is 14.6. The maximum Gasteiger partial charge on any atom is 0.160 e. The molecule has 5 nitrogen and oxygen atoms in total. The Kier molecular flexibility index (Phi) is 3.97. The first-order valence-electron chi connectivity index (χ1n) is 8.34. The number of methoxy groups -OCH3 is 1. The summed E-state index contributed by atoms with van der Waals surface area (Å²) in [4.78, 5) is 4.74. The molecule has 2 aromatic heterocycles. The van der Waals surface area contributed by atoms with E-state index in [4.69, 9.17) is 9.72 Å². The first-order chi connectivity index (χ1) is 12.7. The van der Waals surface area contributed by atoms with E-state index in [1.165, 1.54) is 12.7 Å². The number of anilines is 2. The van der Waals surface area contributed by atoms with Gasteiger partial charge in [0.1, 0.15) is 17.2 Å². The molecule has 2 heterocycles. The van der Waals surface area contributed by atoms with E-state index in [2.05, 4.69) is 24.4 Å². The van der Waals surface area contributed by atoms with Crippen molar-refractivity contribution in [3.8, 4) is 22.8 Å². The number of phenols is 1. The molecule has 26 heavy (non-hydrogen) atoms. The van der Waals surface area contributed by atoms with Crippen molar-refractivity contribution < 1.29 is 9.84 Å². The lowest BCUT2D eigenvalue weighted by atomic mass is 10.1. The lowest BCUT2D eigenvalue weighted by molar-refractivity contribution is 0.373. The number of fused-ring (bicyclic) bond motifs is 1. The Morgan fingerprint density at radius 2 is 1.85 bits per heavy atom. The van der Waals surface area contributed by atoms with Crippen molar-refractivity contribution in [1.29, 1.82) is 0 Å². The van der Waals surface area contributed by atoms with E-state index in [-0.39, 0.29) is 5.75 Å². The number of hydrogen-bond acceptors (Lipinski definition) is 4. The molecule has 0 saturated carbocycles. The standard InChI is InChI=1S/C21H19N3O2/c1-14-6-9-16(10-7-14)22-21-20(23-19-5-3-4-12-24(19)21)15-8-11-18(26-2)17(25)13-15/h3-13,22,25H,1-2H3. The van der Waals surface area contributed by atoms with E-state index in [1.54, 1.807) is 12.1 Å². The van der Waals surface area contributed by atoms with Crippen LogP contribution < -0.4 is 10.1 Å². The molecule has 0 unspecified atom stereocenters. The molecule has 0 bridgehead atoms. The lowest BCUT2D eigenvalue weighted by Gasteiger charge is -2.10. The van der Waals surface area contributed by atoms with Crippen LogP contribution in [0.25, 0.3) is 16.9 Å². The number of nitrogens with one attached hydrogen (secondary N) is 1. The fourth-order valence-corrected chi connectivity index (χ4v) is 2.93. The molecule has 4 rings (SSSR count). The van der Waals surface area contributed by atoms with E-state index < -0.39 is 0 Å². The number of rotatable bonds is 4. The molecule has 0 amide bonds. The van der Waals surface area contributed by atoms with Gasteiger partial charge in [0.05, 0.1) is 7.11 Å². The maximum absolute atomic E-state index is 10.2. The first-order valence-corrected chi connectivity index (χ1v) is 8.34. The smallest absolute Gasteiger partial charge is 0.160 e. The van der Waals surface area contributed by atoms with Gasteiger partial charge in [-0.05, 0) is 49.4 Å². The molecule has 2 N–H and O–H groups in total. The van der Waals surface area contributed by atoms with Gasteiger partial charge in [0, 0.05) is 17.4 Å². The molecule has 0 aliphatic heterocycles. The first kappa shape index (κ1) is 16.0. The van der Waals surface area contributed by atoms with Crippen LogP contribution in [0.2, 0.25) is 0 Å². The molecule has 0 saturated heterocycles. The molecule has 0 aliphatic carbocycles. The van der Waals surface area contributed by atoms with Gasteiger partial charge < -0.3 is 15.2 Å². The summed E-state index contributed by atoms with van der Waals surface area (Å²) in [5.41, 5.74) is 4.57. The zero-order valence-corrected chi connectivity index (χ0v) is 14.6. The molecular weight excluding hydrogens is 326 g/mol. The summed E-state index contributed by atoms with van der Waals surface area (Å²) in [5.74, 6) is 1.36. The highest BCUT2D eigenvalue weighted by molar-refractivity contribution is 5.80. The third-order valence-corrected chi connectivity index (χ3v) is 4.30. The SMILES string of the molecule is COc1ccc(-c2nc3ccccn3c2Nc2ccc(C)cc2)cc1O. The Morgan fingerprint density at radius 3 is 2.58 bits per heavy atom. The Hall–Kier alpha value is -3.47. The van der Waals surface area contributed by atoms with E-state index in [9.17, 15) is 5.11 Å². The number of imidazole rings is 1. The largest absolute Gasteiger partial charge is 0.504 e. The van der Waals surface area contributed by atoms with Gasteiger partial charge in [0.2, 0.25) is 0 Å². The van der Waals surface area contributed by atoms with Crippen molar-refractivity contribution in [2.24, 2.45) is 0 Å². The van der Waals surface area contributed by atoms with Gasteiger partial charge in [0.25, 0.3) is 0 Å². The summed E-state index contributed by atoms with van der Waals surface area (Å²) in [6.45, 7) is 2.06. The van der Waals surface area contributed by atoms with Crippen LogP contribution >= 0.6 is 0 Å². The fraction of sp³-hybridized carbons (Fsp3) is 0.0952. The molecule has 4 aromatic rings. The summed E-state index contributed by atoms with van der Waals surface area (Å²) >= 11 is 0. The maximum atomic E-state index is 10.2. The summed E-state index contributed by atoms with van der Waals surface area (Å²) in [7, 11) is 1.53. The van der Waals surface area contributed by atoms with Gasteiger partial charge in [-0.2, -0.15) is 0 Å². The topological polar surface area (TPSA) is 58.8 Å². The van der Waals surface area contributed by atoms with E-state index in [1.807, 2.05) is 47.0 Å². The minimum Gasteiger partial charge on any atom is -0.504 e. The minimum absolute atomic E-state index is 0.0864. The number of pyridine rings is 1. The molecule has 0 fully saturated rings. The Labute approximate surface area is 151 Å². The Balaban J connectivity index is 1.86. The minimum atomic E-state index is 0.0864. The molecule has 130 valence electrons. The van der Waals surface area contributed by atoms with Gasteiger partial charge in [0.15, 0.2) is 11.5 Å². The van der Waals surface area contributed by atoms with Crippen LogP contribution in [0, 0.1) is 6.92 Å². The quantitative estimate of drug-likeness (QED) is 0.559. The van der Waals surface area contributed by atoms with Crippen LogP contribution in [0.5, 0.6) is 11.5 Å². The van der Waals surface area contributed by atoms with Crippen LogP contribution in [-0.2, 0) is 0 Å². The number of ether oxygens (including phenoxy) is 1. The number of phenolic OH excluding ortho intramolecular Hbond substituents is 1. The highest BCUT2D eigenvalue weighted by Gasteiger charge is 2.16. The number of aryl methyl sites for hydroxylation is 1. The van der Waals surface area contributed by atoms with E-state index >= 15 is 0 Å². The van der Waals surface area contributed by atoms with Crippen molar-refractivity contribution in [3.05, 3.63) is 72.4 Å². The second-order valence-corrected chi connectivity index (χ2v) is 6.12. The van der Waals surface area contributed by atoms with Gasteiger partial charge in [-0.1, -0.05) is 23.8 Å². The van der Waals surface area contributed by atoms with Crippen molar-refractivity contribution in [3.63, 3.8) is 0 Å². The van der Waals surface area contributed by atoms with Crippen LogP contribution in [0.3, 0.4) is 0 Å². The van der Waals surface area contributed by atoms with E-state index in [0.29, 0.717) is 5.75 Å². The highest BCUT2D eigenvalue weighted by Crippen LogP contribution is 2.36. The highest BCUT2D eigenvalue weighted by atomic mass is 16.5. The Bertz CT molecular complexity index is 1070. The summed E-state index contributed by atoms with van der Waals surface area (Å²) in [6, 6.07) is 19.4. The number of benzene rings is 2. The fourth-order valence-electron chi connectivity index (χ4n) is 2.93. The molecule has 0 aliphatic rings. The van der Waals surface area contributed by atoms with Crippen LogP contribution in [0.4, 0.5) is 11.5 Å². The second kappa shape index (κ2) is 6.44. The van der Waals surface area contributed by atoms with Crippen LogP contribution in [0.15, 0.2) is 66.9 Å². The number of aromatic nitrogens is 2. The third-order valence-electron chi connectivity index (χ3n) is 4.30. The predicted octanol–water partition coefficient (Wildman–Crippen LogP) is 4.77. The molecule has 0 spiro atoms. The summed E-state index contributed by atoms with van der Waals surface area (Å²) < 4.78 is 7.14. The normalized spacial score (nSPS) is 10.8. The third kappa shape index (κ3) is 2.84. The van der Waals surface area contributed by atoms with Crippen LogP contribution in [-0.4, -0.2) is 21.6 Å². The van der Waals surface area contributed by atoms with E-state index in [0.717, 1.165) is 28.4 Å². The lowest BCUT2D eigenvalue weighted by Crippen LogP contribution is -1.97. The van der Waals surface area contributed by atoms with Crippen LogP contribution in [0.1, 0.15) is 5.56 Å². The predicted molar refractivity (Wildman–Crippen MR) is 103 cm³/mol. The zero-order chi connectivity index (χ0) is 18.1. The van der Waals surface area contributed by atoms with Gasteiger partial charge in [-0.25, -0.2) is 4.98 Å². The molecule has 2 aromatic carbocycles. The second-order valence-electron chi connectivity index (χ2n) is 6.12. The molecular formula is C21H19N3O2. The number of aromatic hydroxyl groups is 1. The van der Waals surface area contributed by atoms with Gasteiger partial charge in [-0.3, -0.25) is 4.40 Å². The van der Waals surface area contributed by atoms with Crippen molar-refractivity contribution in [2.75, 3.05) is 12.4 Å². The summed E-state index contributed by atoms with van der Waals surface area (Å²) in [5, 5.41) is 13.6. The average molecular weight is 345 g/mol. The molecule has 5 heteroatoms. The average Bonchev–Trinajstić information content (AvgIpc) is 3.02. The van der Waals surface area contributed by atoms with Crippen molar-refractivity contribution in [2.45, 2.75) is 6.92 Å². The molecule has 0 atom stereocenters. The van der Waals surface area contributed by atoms with Gasteiger partial charge in [-0.15, -0.1) is 0 Å². The van der Waals surface area contributed by atoms with Crippen molar-refractivity contribution >= 4 is 17.2 Å². The number of nitrogens with zero attached hydrogens (tertiary/aromatic N) is 2. The Morgan fingerprint density at radius 1 is 1.04 bits per heavy atom.